The lowest BCUT2D eigenvalue weighted by atomic mass is 9.90. The number of ether oxygens (including phenoxy) is 1. The quantitative estimate of drug-likeness (QED) is 0.560. The normalized spacial score (nSPS) is 16.7. The number of fused-ring (bicyclic) bond motifs is 1. The van der Waals surface area contributed by atoms with Crippen LogP contribution in [0.5, 0.6) is 0 Å². The number of carbonyl (C=O) groups is 2. The Kier molecular flexibility index (Phi) is 4.97. The molecule has 0 fully saturated rings. The summed E-state index contributed by atoms with van der Waals surface area (Å²) in [6.45, 7) is 2.00. The Balaban J connectivity index is 1.62. The molecule has 23 heavy (non-hydrogen) atoms. The van der Waals surface area contributed by atoms with Crippen molar-refractivity contribution in [3.63, 3.8) is 0 Å². The second kappa shape index (κ2) is 6.97. The Morgan fingerprint density at radius 2 is 2.17 bits per heavy atom. The first-order valence-corrected chi connectivity index (χ1v) is 9.21. The van der Waals surface area contributed by atoms with Crippen molar-refractivity contribution < 1.29 is 14.3 Å². The third kappa shape index (κ3) is 3.90. The van der Waals surface area contributed by atoms with E-state index >= 15 is 0 Å². The highest BCUT2D eigenvalue weighted by molar-refractivity contribution is 9.10. The van der Waals surface area contributed by atoms with Crippen LogP contribution in [0.25, 0.3) is 0 Å². The van der Waals surface area contributed by atoms with Crippen LogP contribution in [-0.2, 0) is 17.6 Å². The molecule has 1 aliphatic rings. The number of Topliss-reactive ketones (excluding diaryl/α,β-unsaturated/α-hetero) is 1. The van der Waals surface area contributed by atoms with Gasteiger partial charge in [-0.2, -0.15) is 0 Å². The molecule has 1 aliphatic carbocycles. The maximum Gasteiger partial charge on any atom is 0.348 e. The monoisotopic (exact) mass is 392 g/mol. The molecule has 1 heterocycles. The topological polar surface area (TPSA) is 43.4 Å². The van der Waals surface area contributed by atoms with Crippen LogP contribution in [0.3, 0.4) is 0 Å². The standard InChI is InChI=1S/C18H17BrO3S/c1-11-5-6-16-13(7-11)9-17(23-16)18(21)22-10-15(20)12-3-2-4-14(19)8-12/h2-4,8-9,11H,5-7,10H2,1H3/t11-/m1/s1. The lowest BCUT2D eigenvalue weighted by molar-refractivity contribution is 0.0479. The molecule has 0 N–H and O–H groups in total. The van der Waals surface area contributed by atoms with E-state index < -0.39 is 5.97 Å². The van der Waals surface area contributed by atoms with E-state index in [0.717, 1.165) is 17.3 Å². The van der Waals surface area contributed by atoms with E-state index in [9.17, 15) is 9.59 Å². The predicted octanol–water partition coefficient (Wildman–Crippen LogP) is 4.68. The molecule has 0 saturated carbocycles. The van der Waals surface area contributed by atoms with Crippen LogP contribution in [0, 0.1) is 5.92 Å². The van der Waals surface area contributed by atoms with Crippen LogP contribution in [0.2, 0.25) is 0 Å². The van der Waals surface area contributed by atoms with Crippen LogP contribution >= 0.6 is 27.3 Å². The third-order valence-electron chi connectivity index (χ3n) is 4.01. The van der Waals surface area contributed by atoms with Crippen molar-refractivity contribution in [1.29, 1.82) is 0 Å². The Morgan fingerprint density at radius 3 is 2.96 bits per heavy atom. The molecular weight excluding hydrogens is 376 g/mol. The number of aryl methyl sites for hydroxylation is 1. The fourth-order valence-electron chi connectivity index (χ4n) is 2.75. The fourth-order valence-corrected chi connectivity index (χ4v) is 4.26. The summed E-state index contributed by atoms with van der Waals surface area (Å²) in [6.07, 6.45) is 3.23. The summed E-state index contributed by atoms with van der Waals surface area (Å²) in [6, 6.07) is 9.00. The van der Waals surface area contributed by atoms with Gasteiger partial charge in [0.25, 0.3) is 0 Å². The summed E-state index contributed by atoms with van der Waals surface area (Å²) in [7, 11) is 0. The molecule has 5 heteroatoms. The molecule has 1 atom stereocenters. The number of esters is 1. The van der Waals surface area contributed by atoms with Gasteiger partial charge in [0.1, 0.15) is 4.88 Å². The molecule has 120 valence electrons. The summed E-state index contributed by atoms with van der Waals surface area (Å²) in [4.78, 5) is 26.1. The van der Waals surface area contributed by atoms with E-state index in [-0.39, 0.29) is 12.4 Å². The number of hydrogen-bond donors (Lipinski definition) is 0. The molecule has 3 nitrogen and oxygen atoms in total. The van der Waals surface area contributed by atoms with Gasteiger partial charge in [0, 0.05) is 14.9 Å². The van der Waals surface area contributed by atoms with Crippen molar-refractivity contribution in [3.05, 3.63) is 55.7 Å². The van der Waals surface area contributed by atoms with Crippen LogP contribution in [0.15, 0.2) is 34.8 Å². The van der Waals surface area contributed by atoms with Gasteiger partial charge in [-0.05, 0) is 48.9 Å². The highest BCUT2D eigenvalue weighted by Crippen LogP contribution is 2.32. The SMILES string of the molecule is C[C@@H]1CCc2sc(C(=O)OCC(=O)c3cccc(Br)c3)cc2C1. The first kappa shape index (κ1) is 16.4. The van der Waals surface area contributed by atoms with E-state index in [2.05, 4.69) is 22.9 Å². The number of hydrogen-bond acceptors (Lipinski definition) is 4. The van der Waals surface area contributed by atoms with Crippen molar-refractivity contribution in [2.45, 2.75) is 26.2 Å². The lowest BCUT2D eigenvalue weighted by Gasteiger charge is -2.16. The van der Waals surface area contributed by atoms with Gasteiger partial charge in [-0.3, -0.25) is 4.79 Å². The van der Waals surface area contributed by atoms with Gasteiger partial charge in [0.2, 0.25) is 0 Å². The average molecular weight is 393 g/mol. The summed E-state index contributed by atoms with van der Waals surface area (Å²) in [5, 5.41) is 0. The number of benzene rings is 1. The van der Waals surface area contributed by atoms with Gasteiger partial charge in [-0.25, -0.2) is 4.79 Å². The van der Waals surface area contributed by atoms with Gasteiger partial charge in [-0.15, -0.1) is 11.3 Å². The number of carbonyl (C=O) groups excluding carboxylic acids is 2. The first-order valence-electron chi connectivity index (χ1n) is 7.60. The highest BCUT2D eigenvalue weighted by Gasteiger charge is 2.21. The predicted molar refractivity (Wildman–Crippen MR) is 94.3 cm³/mol. The third-order valence-corrected chi connectivity index (χ3v) is 5.72. The molecule has 0 unspecified atom stereocenters. The van der Waals surface area contributed by atoms with Crippen molar-refractivity contribution in [2.24, 2.45) is 5.92 Å². The van der Waals surface area contributed by atoms with E-state index in [4.69, 9.17) is 4.74 Å². The zero-order chi connectivity index (χ0) is 16.4. The minimum atomic E-state index is -0.402. The minimum Gasteiger partial charge on any atom is -0.453 e. The van der Waals surface area contributed by atoms with E-state index in [1.807, 2.05) is 12.1 Å². The fraction of sp³-hybridized carbons (Fsp3) is 0.333. The molecule has 0 radical (unpaired) electrons. The summed E-state index contributed by atoms with van der Waals surface area (Å²) < 4.78 is 6.02. The Morgan fingerprint density at radius 1 is 1.35 bits per heavy atom. The highest BCUT2D eigenvalue weighted by atomic mass is 79.9. The molecule has 1 aromatic carbocycles. The van der Waals surface area contributed by atoms with E-state index in [0.29, 0.717) is 16.4 Å². The number of rotatable bonds is 4. The van der Waals surface area contributed by atoms with Crippen LogP contribution in [0.1, 0.15) is 43.8 Å². The van der Waals surface area contributed by atoms with Crippen molar-refractivity contribution in [1.82, 2.24) is 0 Å². The Bertz CT molecular complexity index is 750. The zero-order valence-corrected chi connectivity index (χ0v) is 15.2. The van der Waals surface area contributed by atoms with Crippen LogP contribution < -0.4 is 0 Å². The summed E-state index contributed by atoms with van der Waals surface area (Å²) >= 11 is 4.83. The average Bonchev–Trinajstić information content (AvgIpc) is 2.95. The molecule has 0 aliphatic heterocycles. The minimum absolute atomic E-state index is 0.199. The molecule has 1 aromatic heterocycles. The number of halogens is 1. The maximum atomic E-state index is 12.2. The first-order chi connectivity index (χ1) is 11.0. The van der Waals surface area contributed by atoms with Gasteiger partial charge in [0.15, 0.2) is 12.4 Å². The summed E-state index contributed by atoms with van der Waals surface area (Å²) in [5.41, 5.74) is 1.80. The van der Waals surface area contributed by atoms with E-state index in [1.165, 1.54) is 28.2 Å². The van der Waals surface area contributed by atoms with Crippen LogP contribution in [-0.4, -0.2) is 18.4 Å². The number of ketones is 1. The zero-order valence-electron chi connectivity index (χ0n) is 12.8. The lowest BCUT2D eigenvalue weighted by Crippen LogP contribution is -2.13. The molecular formula is C18H17BrO3S. The van der Waals surface area contributed by atoms with Gasteiger partial charge >= 0.3 is 5.97 Å². The van der Waals surface area contributed by atoms with Crippen molar-refractivity contribution in [2.75, 3.05) is 6.61 Å². The Hall–Kier alpha value is -1.46. The van der Waals surface area contributed by atoms with Gasteiger partial charge < -0.3 is 4.74 Å². The van der Waals surface area contributed by atoms with E-state index in [1.54, 1.807) is 18.2 Å². The molecule has 0 bridgehead atoms. The van der Waals surface area contributed by atoms with Crippen LogP contribution in [0.4, 0.5) is 0 Å². The second-order valence-electron chi connectivity index (χ2n) is 5.92. The molecule has 0 saturated heterocycles. The van der Waals surface area contributed by atoms with Gasteiger partial charge in [-0.1, -0.05) is 35.0 Å². The smallest absolute Gasteiger partial charge is 0.348 e. The second-order valence-corrected chi connectivity index (χ2v) is 7.97. The molecule has 3 rings (SSSR count). The van der Waals surface area contributed by atoms with Crippen molar-refractivity contribution in [3.8, 4) is 0 Å². The maximum absolute atomic E-state index is 12.2. The molecule has 0 spiro atoms. The molecule has 2 aromatic rings. The largest absolute Gasteiger partial charge is 0.453 e. The molecule has 0 amide bonds. The van der Waals surface area contributed by atoms with Gasteiger partial charge in [0.05, 0.1) is 0 Å². The van der Waals surface area contributed by atoms with Crippen molar-refractivity contribution >= 4 is 39.0 Å². The summed E-state index contributed by atoms with van der Waals surface area (Å²) in [5.74, 6) is 0.0640. The Labute approximate surface area is 147 Å². The number of thiophene rings is 1.